The van der Waals surface area contributed by atoms with E-state index in [9.17, 15) is 9.59 Å². The van der Waals surface area contributed by atoms with Crippen LogP contribution in [0.3, 0.4) is 0 Å². The van der Waals surface area contributed by atoms with E-state index >= 15 is 0 Å². The Morgan fingerprint density at radius 3 is 2.95 bits per heavy atom. The summed E-state index contributed by atoms with van der Waals surface area (Å²) in [6, 6.07) is 5.10. The lowest BCUT2D eigenvalue weighted by Crippen LogP contribution is -2.40. The van der Waals surface area contributed by atoms with Crippen molar-refractivity contribution in [3.05, 3.63) is 39.0 Å². The first-order valence-corrected chi connectivity index (χ1v) is 7.20. The number of aromatic amines is 1. The summed E-state index contributed by atoms with van der Waals surface area (Å²) in [7, 11) is 1.55. The number of fused-ring (bicyclic) bond motifs is 1. The molecule has 0 bridgehead atoms. The van der Waals surface area contributed by atoms with Crippen molar-refractivity contribution < 1.29 is 4.74 Å². The van der Waals surface area contributed by atoms with Crippen LogP contribution in [0.25, 0.3) is 10.9 Å². The third-order valence-electron chi connectivity index (χ3n) is 4.03. The molecule has 1 saturated heterocycles. The highest BCUT2D eigenvalue weighted by atomic mass is 16.5. The molecule has 1 aromatic carbocycles. The van der Waals surface area contributed by atoms with Gasteiger partial charge in [0.05, 0.1) is 18.0 Å². The third-order valence-corrected chi connectivity index (χ3v) is 4.03. The zero-order chi connectivity index (χ0) is 14.8. The number of ether oxygens (including phenoxy) is 1. The topological polar surface area (TPSA) is 76.1 Å². The number of benzene rings is 1. The Bertz CT molecular complexity index is 757. The first kappa shape index (κ1) is 13.9. The van der Waals surface area contributed by atoms with Gasteiger partial charge in [-0.25, -0.2) is 4.79 Å². The van der Waals surface area contributed by atoms with Crippen LogP contribution in [0.15, 0.2) is 27.8 Å². The van der Waals surface area contributed by atoms with E-state index in [1.165, 1.54) is 4.57 Å². The van der Waals surface area contributed by atoms with Crippen molar-refractivity contribution in [2.24, 2.45) is 5.92 Å². The minimum Gasteiger partial charge on any atom is -0.497 e. The SMILES string of the molecule is COc1ccc2[nH]c(=O)n(CC3CCCNC3)c(=O)c2c1. The van der Waals surface area contributed by atoms with Gasteiger partial charge in [0, 0.05) is 6.54 Å². The first-order chi connectivity index (χ1) is 10.2. The third kappa shape index (κ3) is 2.71. The van der Waals surface area contributed by atoms with Crippen molar-refractivity contribution in [2.45, 2.75) is 19.4 Å². The zero-order valence-electron chi connectivity index (χ0n) is 12.0. The summed E-state index contributed by atoms with van der Waals surface area (Å²) in [5, 5.41) is 3.79. The molecule has 112 valence electrons. The molecule has 0 amide bonds. The van der Waals surface area contributed by atoms with Gasteiger partial charge in [-0.15, -0.1) is 0 Å². The van der Waals surface area contributed by atoms with Crippen LogP contribution < -0.4 is 21.3 Å². The monoisotopic (exact) mass is 289 g/mol. The van der Waals surface area contributed by atoms with E-state index in [1.54, 1.807) is 25.3 Å². The smallest absolute Gasteiger partial charge is 0.328 e. The molecule has 1 atom stereocenters. The van der Waals surface area contributed by atoms with E-state index in [1.807, 2.05) is 0 Å². The Hall–Kier alpha value is -2.08. The van der Waals surface area contributed by atoms with Gasteiger partial charge in [0.25, 0.3) is 5.56 Å². The minimum absolute atomic E-state index is 0.252. The Morgan fingerprint density at radius 2 is 2.24 bits per heavy atom. The molecule has 1 aliphatic rings. The fourth-order valence-electron chi connectivity index (χ4n) is 2.86. The number of aromatic nitrogens is 2. The lowest BCUT2D eigenvalue weighted by Gasteiger charge is -2.23. The minimum atomic E-state index is -0.344. The van der Waals surface area contributed by atoms with Crippen LogP contribution in [0.2, 0.25) is 0 Å². The van der Waals surface area contributed by atoms with Gasteiger partial charge >= 0.3 is 5.69 Å². The summed E-state index contributed by atoms with van der Waals surface area (Å²) >= 11 is 0. The van der Waals surface area contributed by atoms with Crippen molar-refractivity contribution in [3.8, 4) is 5.75 Å². The predicted molar refractivity (Wildman–Crippen MR) is 81.0 cm³/mol. The number of hydrogen-bond donors (Lipinski definition) is 2. The summed E-state index contributed by atoms with van der Waals surface area (Å²) in [4.78, 5) is 27.5. The van der Waals surface area contributed by atoms with Gasteiger partial charge in [-0.05, 0) is 50.0 Å². The molecule has 3 rings (SSSR count). The molecule has 0 aliphatic carbocycles. The Labute approximate surface area is 121 Å². The van der Waals surface area contributed by atoms with E-state index in [0.29, 0.717) is 29.1 Å². The summed E-state index contributed by atoms with van der Waals surface area (Å²) in [6.07, 6.45) is 2.12. The van der Waals surface area contributed by atoms with E-state index in [-0.39, 0.29) is 11.2 Å². The highest BCUT2D eigenvalue weighted by Gasteiger charge is 2.16. The van der Waals surface area contributed by atoms with Crippen molar-refractivity contribution in [2.75, 3.05) is 20.2 Å². The average molecular weight is 289 g/mol. The zero-order valence-corrected chi connectivity index (χ0v) is 12.0. The molecule has 1 aromatic heterocycles. The van der Waals surface area contributed by atoms with Gasteiger partial charge in [-0.1, -0.05) is 0 Å². The summed E-state index contributed by atoms with van der Waals surface area (Å²) < 4.78 is 6.45. The van der Waals surface area contributed by atoms with Crippen LogP contribution in [0.4, 0.5) is 0 Å². The highest BCUT2D eigenvalue weighted by Crippen LogP contribution is 2.16. The summed E-state index contributed by atoms with van der Waals surface area (Å²) in [6.45, 7) is 2.31. The van der Waals surface area contributed by atoms with Crippen LogP contribution in [0.5, 0.6) is 5.75 Å². The van der Waals surface area contributed by atoms with Crippen LogP contribution in [-0.4, -0.2) is 29.8 Å². The summed E-state index contributed by atoms with van der Waals surface area (Å²) in [5.41, 5.74) is -0.0507. The molecule has 2 aromatic rings. The molecule has 1 fully saturated rings. The molecule has 6 nitrogen and oxygen atoms in total. The van der Waals surface area contributed by atoms with Gasteiger partial charge in [0.15, 0.2) is 0 Å². The van der Waals surface area contributed by atoms with E-state index in [0.717, 1.165) is 25.9 Å². The Morgan fingerprint density at radius 1 is 1.38 bits per heavy atom. The molecule has 1 aliphatic heterocycles. The maximum Gasteiger partial charge on any atom is 0.328 e. The quantitative estimate of drug-likeness (QED) is 0.872. The largest absolute Gasteiger partial charge is 0.497 e. The lowest BCUT2D eigenvalue weighted by molar-refractivity contribution is 0.329. The van der Waals surface area contributed by atoms with Crippen LogP contribution >= 0.6 is 0 Å². The molecule has 2 heterocycles. The fourth-order valence-corrected chi connectivity index (χ4v) is 2.86. The normalized spacial score (nSPS) is 18.8. The maximum absolute atomic E-state index is 12.6. The number of piperidine rings is 1. The van der Waals surface area contributed by atoms with E-state index in [4.69, 9.17) is 4.74 Å². The maximum atomic E-state index is 12.6. The number of nitrogens with zero attached hydrogens (tertiary/aromatic N) is 1. The van der Waals surface area contributed by atoms with Gasteiger partial charge in [-0.2, -0.15) is 0 Å². The second-order valence-electron chi connectivity index (χ2n) is 5.47. The Balaban J connectivity index is 2.05. The van der Waals surface area contributed by atoms with Crippen molar-refractivity contribution in [3.63, 3.8) is 0 Å². The summed E-state index contributed by atoms with van der Waals surface area (Å²) in [5.74, 6) is 0.929. The number of H-pyrrole nitrogens is 1. The molecular formula is C15H19N3O3. The molecule has 1 unspecified atom stereocenters. The van der Waals surface area contributed by atoms with Crippen LogP contribution in [0.1, 0.15) is 12.8 Å². The van der Waals surface area contributed by atoms with Gasteiger partial charge in [0.2, 0.25) is 0 Å². The molecule has 0 spiro atoms. The number of methoxy groups -OCH3 is 1. The van der Waals surface area contributed by atoms with Crippen molar-refractivity contribution in [1.82, 2.24) is 14.9 Å². The van der Waals surface area contributed by atoms with Gasteiger partial charge in [0.1, 0.15) is 5.75 Å². The Kier molecular flexibility index (Phi) is 3.79. The second kappa shape index (κ2) is 5.73. The predicted octanol–water partition coefficient (Wildman–Crippen LogP) is 0.698. The molecule has 6 heteroatoms. The average Bonchev–Trinajstić information content (AvgIpc) is 2.52. The lowest BCUT2D eigenvalue weighted by atomic mass is 10.00. The van der Waals surface area contributed by atoms with Crippen LogP contribution in [-0.2, 0) is 6.54 Å². The van der Waals surface area contributed by atoms with E-state index in [2.05, 4.69) is 10.3 Å². The van der Waals surface area contributed by atoms with Gasteiger partial charge < -0.3 is 15.0 Å². The fraction of sp³-hybridized carbons (Fsp3) is 0.467. The van der Waals surface area contributed by atoms with E-state index < -0.39 is 0 Å². The van der Waals surface area contributed by atoms with Gasteiger partial charge in [-0.3, -0.25) is 9.36 Å². The standard InChI is InChI=1S/C15H19N3O3/c1-21-11-4-5-13-12(7-11)14(19)18(15(20)17-13)9-10-3-2-6-16-8-10/h4-5,7,10,16H,2-3,6,8-9H2,1H3,(H,17,20). The van der Waals surface area contributed by atoms with Crippen molar-refractivity contribution >= 4 is 10.9 Å². The van der Waals surface area contributed by atoms with Crippen LogP contribution in [0, 0.1) is 5.92 Å². The molecule has 0 saturated carbocycles. The number of nitrogens with one attached hydrogen (secondary N) is 2. The molecule has 0 radical (unpaired) electrons. The van der Waals surface area contributed by atoms with Crippen molar-refractivity contribution in [1.29, 1.82) is 0 Å². The second-order valence-corrected chi connectivity index (χ2v) is 5.47. The first-order valence-electron chi connectivity index (χ1n) is 7.20. The molecule has 2 N–H and O–H groups in total. The molecular weight excluding hydrogens is 270 g/mol. The highest BCUT2D eigenvalue weighted by molar-refractivity contribution is 5.78. The number of hydrogen-bond acceptors (Lipinski definition) is 4. The molecule has 21 heavy (non-hydrogen) atoms. The number of rotatable bonds is 3.